The standard InChI is InChI=1S/C7H6S2/c1-3-6-7(8-2)4-5-9-6/h1,4-5H,2H3. The summed E-state index contributed by atoms with van der Waals surface area (Å²) in [4.78, 5) is 2.25. The summed E-state index contributed by atoms with van der Waals surface area (Å²) in [6.45, 7) is 0. The molecule has 0 fully saturated rings. The van der Waals surface area contributed by atoms with Crippen LogP contribution in [0.3, 0.4) is 0 Å². The number of hydrogen-bond donors (Lipinski definition) is 0. The SMILES string of the molecule is C#Cc1sccc1SC. The van der Waals surface area contributed by atoms with E-state index >= 15 is 0 Å². The maximum absolute atomic E-state index is 5.22. The lowest BCUT2D eigenvalue weighted by Crippen LogP contribution is -1.65. The maximum atomic E-state index is 5.22. The molecule has 9 heavy (non-hydrogen) atoms. The maximum Gasteiger partial charge on any atom is 0.0901 e. The van der Waals surface area contributed by atoms with Crippen molar-refractivity contribution in [2.75, 3.05) is 6.26 Å². The van der Waals surface area contributed by atoms with E-state index in [-0.39, 0.29) is 0 Å². The highest BCUT2D eigenvalue weighted by Crippen LogP contribution is 2.23. The minimum atomic E-state index is 1.04. The van der Waals surface area contributed by atoms with Gasteiger partial charge in [-0.3, -0.25) is 0 Å². The molecule has 0 nitrogen and oxygen atoms in total. The molecule has 0 aliphatic rings. The number of terminal acetylenes is 1. The molecular formula is C7H6S2. The van der Waals surface area contributed by atoms with Crippen molar-refractivity contribution in [3.05, 3.63) is 16.3 Å². The van der Waals surface area contributed by atoms with Gasteiger partial charge < -0.3 is 0 Å². The Morgan fingerprint density at radius 1 is 1.78 bits per heavy atom. The molecule has 1 rings (SSSR count). The Morgan fingerprint density at radius 3 is 3.00 bits per heavy atom. The van der Waals surface area contributed by atoms with Gasteiger partial charge in [-0.05, 0) is 17.7 Å². The largest absolute Gasteiger partial charge is 0.134 e. The molecule has 0 saturated heterocycles. The summed E-state index contributed by atoms with van der Waals surface area (Å²) in [7, 11) is 0. The van der Waals surface area contributed by atoms with Crippen molar-refractivity contribution in [1.82, 2.24) is 0 Å². The smallest absolute Gasteiger partial charge is 0.0901 e. The lowest BCUT2D eigenvalue weighted by Gasteiger charge is -1.86. The summed E-state index contributed by atoms with van der Waals surface area (Å²) in [5, 5.41) is 2.01. The molecule has 1 aromatic heterocycles. The van der Waals surface area contributed by atoms with E-state index in [2.05, 4.69) is 5.92 Å². The Morgan fingerprint density at radius 2 is 2.56 bits per heavy atom. The first-order valence-corrected chi connectivity index (χ1v) is 4.57. The fourth-order valence-electron chi connectivity index (χ4n) is 0.564. The Balaban J connectivity index is 3.02. The van der Waals surface area contributed by atoms with Crippen molar-refractivity contribution >= 4 is 23.1 Å². The van der Waals surface area contributed by atoms with E-state index in [1.54, 1.807) is 23.1 Å². The molecule has 0 radical (unpaired) electrons. The number of thioether (sulfide) groups is 1. The van der Waals surface area contributed by atoms with Gasteiger partial charge in [-0.1, -0.05) is 5.92 Å². The second kappa shape index (κ2) is 2.95. The molecule has 0 spiro atoms. The van der Waals surface area contributed by atoms with Crippen LogP contribution < -0.4 is 0 Å². The second-order valence-corrected chi connectivity index (χ2v) is 3.23. The van der Waals surface area contributed by atoms with Gasteiger partial charge in [0.1, 0.15) is 0 Å². The monoisotopic (exact) mass is 154 g/mol. The van der Waals surface area contributed by atoms with Gasteiger partial charge in [0, 0.05) is 4.90 Å². The molecule has 0 unspecified atom stereocenters. The normalized spacial score (nSPS) is 8.89. The molecule has 0 aromatic carbocycles. The predicted molar refractivity (Wildman–Crippen MR) is 44.0 cm³/mol. The van der Waals surface area contributed by atoms with Gasteiger partial charge in [0.05, 0.1) is 4.88 Å². The topological polar surface area (TPSA) is 0 Å². The lowest BCUT2D eigenvalue weighted by molar-refractivity contribution is 1.56. The third-order valence-corrected chi connectivity index (χ3v) is 2.73. The molecule has 0 aliphatic carbocycles. The van der Waals surface area contributed by atoms with Gasteiger partial charge >= 0.3 is 0 Å². The van der Waals surface area contributed by atoms with Gasteiger partial charge in [0.25, 0.3) is 0 Å². The van der Waals surface area contributed by atoms with Crippen LogP contribution >= 0.6 is 23.1 Å². The van der Waals surface area contributed by atoms with Crippen molar-refractivity contribution in [3.63, 3.8) is 0 Å². The molecule has 46 valence electrons. The first kappa shape index (κ1) is 6.73. The summed E-state index contributed by atoms with van der Waals surface area (Å²) in [6.07, 6.45) is 7.25. The van der Waals surface area contributed by atoms with E-state index in [1.165, 1.54) is 4.90 Å². The average molecular weight is 154 g/mol. The molecular weight excluding hydrogens is 148 g/mol. The fourth-order valence-corrected chi connectivity index (χ4v) is 2.08. The van der Waals surface area contributed by atoms with Crippen LogP contribution in [0.4, 0.5) is 0 Å². The van der Waals surface area contributed by atoms with E-state index in [9.17, 15) is 0 Å². The number of rotatable bonds is 1. The number of hydrogen-bond acceptors (Lipinski definition) is 2. The molecule has 0 atom stereocenters. The fraction of sp³-hybridized carbons (Fsp3) is 0.143. The molecule has 0 N–H and O–H groups in total. The van der Waals surface area contributed by atoms with Crippen LogP contribution in [0.5, 0.6) is 0 Å². The van der Waals surface area contributed by atoms with Gasteiger partial charge in [0.2, 0.25) is 0 Å². The van der Waals surface area contributed by atoms with Crippen LogP contribution in [0.1, 0.15) is 4.88 Å². The summed E-state index contributed by atoms with van der Waals surface area (Å²) in [5.74, 6) is 2.62. The van der Waals surface area contributed by atoms with Crippen molar-refractivity contribution < 1.29 is 0 Å². The van der Waals surface area contributed by atoms with Crippen molar-refractivity contribution in [2.45, 2.75) is 4.90 Å². The van der Waals surface area contributed by atoms with Crippen LogP contribution in [0.15, 0.2) is 16.3 Å². The van der Waals surface area contributed by atoms with Crippen molar-refractivity contribution in [3.8, 4) is 12.3 Å². The zero-order chi connectivity index (χ0) is 6.69. The lowest BCUT2D eigenvalue weighted by atomic mass is 10.5. The Hall–Kier alpha value is -0.390. The molecule has 0 saturated carbocycles. The average Bonchev–Trinajstić information content (AvgIpc) is 2.33. The third-order valence-electron chi connectivity index (χ3n) is 0.980. The van der Waals surface area contributed by atoms with Gasteiger partial charge in [0.15, 0.2) is 0 Å². The zero-order valence-corrected chi connectivity index (χ0v) is 6.68. The highest BCUT2D eigenvalue weighted by Gasteiger charge is 1.96. The minimum Gasteiger partial charge on any atom is -0.134 e. The van der Waals surface area contributed by atoms with Crippen LogP contribution in [-0.2, 0) is 0 Å². The summed E-state index contributed by atoms with van der Waals surface area (Å²) >= 11 is 3.31. The minimum absolute atomic E-state index is 1.04. The van der Waals surface area contributed by atoms with Crippen LogP contribution in [0.2, 0.25) is 0 Å². The van der Waals surface area contributed by atoms with Crippen LogP contribution in [-0.4, -0.2) is 6.26 Å². The highest BCUT2D eigenvalue weighted by molar-refractivity contribution is 7.98. The molecule has 0 aliphatic heterocycles. The molecule has 0 bridgehead atoms. The molecule has 2 heteroatoms. The first-order chi connectivity index (χ1) is 4.38. The van der Waals surface area contributed by atoms with E-state index in [0.717, 1.165) is 4.88 Å². The quantitative estimate of drug-likeness (QED) is 0.442. The van der Waals surface area contributed by atoms with E-state index in [4.69, 9.17) is 6.42 Å². The van der Waals surface area contributed by atoms with Crippen LogP contribution in [0.25, 0.3) is 0 Å². The van der Waals surface area contributed by atoms with E-state index in [0.29, 0.717) is 0 Å². The number of thiophene rings is 1. The molecule has 0 amide bonds. The van der Waals surface area contributed by atoms with Gasteiger partial charge in [-0.15, -0.1) is 29.5 Å². The highest BCUT2D eigenvalue weighted by atomic mass is 32.2. The molecule has 1 aromatic rings. The van der Waals surface area contributed by atoms with Crippen molar-refractivity contribution in [1.29, 1.82) is 0 Å². The van der Waals surface area contributed by atoms with Gasteiger partial charge in [-0.25, -0.2) is 0 Å². The van der Waals surface area contributed by atoms with E-state index < -0.39 is 0 Å². The zero-order valence-electron chi connectivity index (χ0n) is 5.05. The first-order valence-electron chi connectivity index (χ1n) is 2.46. The van der Waals surface area contributed by atoms with Gasteiger partial charge in [-0.2, -0.15) is 0 Å². The predicted octanol–water partition coefficient (Wildman–Crippen LogP) is 2.45. The Labute approximate surface area is 63.3 Å². The Kier molecular flexibility index (Phi) is 2.21. The second-order valence-electron chi connectivity index (χ2n) is 1.46. The molecule has 1 heterocycles. The van der Waals surface area contributed by atoms with Crippen LogP contribution in [0, 0.1) is 12.3 Å². The Bertz CT molecular complexity index is 229. The van der Waals surface area contributed by atoms with E-state index in [1.807, 2.05) is 17.7 Å². The van der Waals surface area contributed by atoms with Crippen molar-refractivity contribution in [2.24, 2.45) is 0 Å². The summed E-state index contributed by atoms with van der Waals surface area (Å²) in [5.41, 5.74) is 0. The summed E-state index contributed by atoms with van der Waals surface area (Å²) in [6, 6.07) is 2.05. The third kappa shape index (κ3) is 1.29. The summed E-state index contributed by atoms with van der Waals surface area (Å²) < 4.78 is 0.